The van der Waals surface area contributed by atoms with E-state index < -0.39 is 5.41 Å². The van der Waals surface area contributed by atoms with E-state index in [-0.39, 0.29) is 19.4 Å². The molecular weight excluding hydrogens is 160 g/mol. The van der Waals surface area contributed by atoms with Crippen molar-refractivity contribution in [3.8, 4) is 0 Å². The number of carbonyl (C=O) groups is 2. The Balaban J connectivity index is 3.51. The van der Waals surface area contributed by atoms with Crippen LogP contribution in [0.3, 0.4) is 0 Å². The molecule has 0 aliphatic rings. The predicted molar refractivity (Wildman–Crippen MR) is 42.4 cm³/mol. The van der Waals surface area contributed by atoms with E-state index in [1.54, 1.807) is 20.8 Å². The van der Waals surface area contributed by atoms with Crippen LogP contribution in [0.1, 0.15) is 20.8 Å². The highest BCUT2D eigenvalue weighted by Crippen LogP contribution is 2.14. The van der Waals surface area contributed by atoms with Crippen LogP contribution in [0.5, 0.6) is 0 Å². The molecule has 0 atom stereocenters. The average Bonchev–Trinajstić information content (AvgIpc) is 1.96. The lowest BCUT2D eigenvalue weighted by atomic mass is 9.98. The highest BCUT2D eigenvalue weighted by atomic mass is 16.7. The maximum Gasteiger partial charge on any atom is 0.313 e. The summed E-state index contributed by atoms with van der Waals surface area (Å²) >= 11 is 0. The molecule has 4 nitrogen and oxygen atoms in total. The van der Waals surface area contributed by atoms with E-state index in [4.69, 9.17) is 0 Å². The van der Waals surface area contributed by atoms with Gasteiger partial charge in [-0.15, -0.1) is 0 Å². The smallest absolute Gasteiger partial charge is 0.313 e. The maximum absolute atomic E-state index is 11.0. The van der Waals surface area contributed by atoms with Gasteiger partial charge in [-0.2, -0.15) is 0 Å². The van der Waals surface area contributed by atoms with E-state index in [0.29, 0.717) is 6.29 Å². The van der Waals surface area contributed by atoms with Gasteiger partial charge in [-0.05, 0) is 20.8 Å². The molecule has 0 aromatic rings. The van der Waals surface area contributed by atoms with Crippen molar-refractivity contribution in [2.45, 2.75) is 20.8 Å². The standard InChI is InChI=1S/C8H14O4/c1-8(2,3)7(10)12-6-11-5-4-9/h4H,5-6H2,1-3H3. The first-order valence-corrected chi connectivity index (χ1v) is 3.67. The van der Waals surface area contributed by atoms with Crippen molar-refractivity contribution < 1.29 is 19.1 Å². The summed E-state index contributed by atoms with van der Waals surface area (Å²) in [5.41, 5.74) is -0.523. The van der Waals surface area contributed by atoms with Gasteiger partial charge >= 0.3 is 5.97 Å². The Morgan fingerprint density at radius 1 is 1.42 bits per heavy atom. The average molecular weight is 174 g/mol. The fourth-order valence-electron chi connectivity index (χ4n) is 0.408. The van der Waals surface area contributed by atoms with Crippen LogP contribution in [0.25, 0.3) is 0 Å². The highest BCUT2D eigenvalue weighted by Gasteiger charge is 2.22. The van der Waals surface area contributed by atoms with Crippen LogP contribution in [0, 0.1) is 5.41 Å². The minimum absolute atomic E-state index is 0.0442. The largest absolute Gasteiger partial charge is 0.438 e. The van der Waals surface area contributed by atoms with Crippen molar-refractivity contribution in [3.05, 3.63) is 0 Å². The molecular formula is C8H14O4. The summed E-state index contributed by atoms with van der Waals surface area (Å²) in [4.78, 5) is 20.8. The molecule has 0 unspecified atom stereocenters. The summed E-state index contributed by atoms with van der Waals surface area (Å²) in [6.07, 6.45) is 0.602. The SMILES string of the molecule is CC(C)(C)C(=O)OCOCC=O. The van der Waals surface area contributed by atoms with Gasteiger partial charge < -0.3 is 14.3 Å². The lowest BCUT2D eigenvalue weighted by Crippen LogP contribution is -2.24. The molecule has 0 radical (unpaired) electrons. The molecule has 0 bridgehead atoms. The summed E-state index contributed by atoms with van der Waals surface area (Å²) < 4.78 is 9.33. The first kappa shape index (κ1) is 11.1. The molecule has 0 aromatic heterocycles. The lowest BCUT2D eigenvalue weighted by molar-refractivity contribution is -0.166. The predicted octanol–water partition coefficient (Wildman–Crippen LogP) is 0.749. The number of carbonyl (C=O) groups excluding carboxylic acids is 2. The summed E-state index contributed by atoms with van der Waals surface area (Å²) in [5.74, 6) is -0.339. The van der Waals surface area contributed by atoms with Crippen molar-refractivity contribution >= 4 is 12.3 Å². The number of aldehydes is 1. The molecule has 0 spiro atoms. The molecule has 70 valence electrons. The van der Waals surface area contributed by atoms with Gasteiger partial charge in [-0.25, -0.2) is 0 Å². The molecule has 0 fully saturated rings. The van der Waals surface area contributed by atoms with Gasteiger partial charge in [-0.1, -0.05) is 0 Å². The summed E-state index contributed by atoms with van der Waals surface area (Å²) in [6.45, 7) is 5.03. The molecule has 12 heavy (non-hydrogen) atoms. The van der Waals surface area contributed by atoms with E-state index in [2.05, 4.69) is 9.47 Å². The van der Waals surface area contributed by atoms with Crippen LogP contribution in [0.15, 0.2) is 0 Å². The van der Waals surface area contributed by atoms with Crippen LogP contribution in [-0.2, 0) is 19.1 Å². The highest BCUT2D eigenvalue weighted by molar-refractivity contribution is 5.75. The second-order valence-electron chi connectivity index (χ2n) is 3.34. The Bertz CT molecular complexity index is 157. The first-order valence-electron chi connectivity index (χ1n) is 3.67. The van der Waals surface area contributed by atoms with Gasteiger partial charge in [0.05, 0.1) is 5.41 Å². The van der Waals surface area contributed by atoms with Gasteiger partial charge in [0, 0.05) is 0 Å². The number of ether oxygens (including phenoxy) is 2. The monoisotopic (exact) mass is 174 g/mol. The van der Waals surface area contributed by atoms with Crippen molar-refractivity contribution in [2.75, 3.05) is 13.4 Å². The normalized spacial score (nSPS) is 10.9. The van der Waals surface area contributed by atoms with Crippen LogP contribution >= 0.6 is 0 Å². The van der Waals surface area contributed by atoms with Gasteiger partial charge in [0.25, 0.3) is 0 Å². The zero-order chi connectivity index (χ0) is 9.61. The van der Waals surface area contributed by atoms with Crippen molar-refractivity contribution in [2.24, 2.45) is 5.41 Å². The fraction of sp³-hybridized carbons (Fsp3) is 0.750. The van der Waals surface area contributed by atoms with Crippen molar-refractivity contribution in [1.82, 2.24) is 0 Å². The first-order chi connectivity index (χ1) is 5.48. The van der Waals surface area contributed by atoms with Crippen LogP contribution in [0.2, 0.25) is 0 Å². The summed E-state index contributed by atoms with van der Waals surface area (Å²) in [5, 5.41) is 0. The van der Waals surface area contributed by atoms with Crippen molar-refractivity contribution in [1.29, 1.82) is 0 Å². The molecule has 0 saturated heterocycles. The van der Waals surface area contributed by atoms with Crippen LogP contribution in [0.4, 0.5) is 0 Å². The molecule has 0 N–H and O–H groups in total. The third-order valence-electron chi connectivity index (χ3n) is 1.07. The molecule has 0 heterocycles. The molecule has 0 saturated carbocycles. The number of rotatable bonds is 4. The summed E-state index contributed by atoms with van der Waals surface area (Å²) in [7, 11) is 0. The van der Waals surface area contributed by atoms with Gasteiger partial charge in [-0.3, -0.25) is 4.79 Å². The Labute approximate surface area is 71.8 Å². The Morgan fingerprint density at radius 2 is 2.00 bits per heavy atom. The Hall–Kier alpha value is -0.900. The van der Waals surface area contributed by atoms with E-state index >= 15 is 0 Å². The van der Waals surface area contributed by atoms with E-state index in [1.165, 1.54) is 0 Å². The zero-order valence-corrected chi connectivity index (χ0v) is 7.62. The second kappa shape index (κ2) is 4.87. The van der Waals surface area contributed by atoms with Gasteiger partial charge in [0.15, 0.2) is 6.79 Å². The molecule has 0 aromatic carbocycles. The van der Waals surface area contributed by atoms with Crippen molar-refractivity contribution in [3.63, 3.8) is 0 Å². The van der Waals surface area contributed by atoms with E-state index in [9.17, 15) is 9.59 Å². The quantitative estimate of drug-likeness (QED) is 0.273. The van der Waals surface area contributed by atoms with Gasteiger partial charge in [0.2, 0.25) is 0 Å². The minimum Gasteiger partial charge on any atom is -0.438 e. The van der Waals surface area contributed by atoms with Gasteiger partial charge in [0.1, 0.15) is 12.9 Å². The van der Waals surface area contributed by atoms with Crippen LogP contribution in [-0.4, -0.2) is 25.7 Å². The lowest BCUT2D eigenvalue weighted by Gasteiger charge is -2.15. The second-order valence-corrected chi connectivity index (χ2v) is 3.34. The molecule has 4 heteroatoms. The third-order valence-corrected chi connectivity index (χ3v) is 1.07. The minimum atomic E-state index is -0.523. The fourth-order valence-corrected chi connectivity index (χ4v) is 0.408. The number of hydrogen-bond donors (Lipinski definition) is 0. The Morgan fingerprint density at radius 3 is 2.42 bits per heavy atom. The molecule has 0 aliphatic heterocycles. The maximum atomic E-state index is 11.0. The molecule has 0 aliphatic carbocycles. The van der Waals surface area contributed by atoms with Crippen LogP contribution < -0.4 is 0 Å². The molecule has 0 amide bonds. The topological polar surface area (TPSA) is 52.6 Å². The zero-order valence-electron chi connectivity index (χ0n) is 7.62. The summed E-state index contributed by atoms with van der Waals surface area (Å²) in [6, 6.07) is 0. The van der Waals surface area contributed by atoms with E-state index in [1.807, 2.05) is 0 Å². The molecule has 0 rings (SSSR count). The third kappa shape index (κ3) is 4.85. The Kier molecular flexibility index (Phi) is 4.51. The number of hydrogen-bond acceptors (Lipinski definition) is 4. The van der Waals surface area contributed by atoms with E-state index in [0.717, 1.165) is 0 Å². The number of esters is 1.